The molecule has 90 valence electrons. The van der Waals surface area contributed by atoms with E-state index in [9.17, 15) is 9.90 Å². The Kier molecular flexibility index (Phi) is 1.64. The largest absolute Gasteiger partial charge is 0.481 e. The number of carboxylic acid groups (broad SMARTS) is 1. The van der Waals surface area contributed by atoms with Gasteiger partial charge in [-0.2, -0.15) is 0 Å². The first-order valence-electron chi connectivity index (χ1n) is 6.21. The van der Waals surface area contributed by atoms with Crippen LogP contribution in [0.2, 0.25) is 0 Å². The third kappa shape index (κ3) is 1.21. The van der Waals surface area contributed by atoms with Crippen LogP contribution in [-0.4, -0.2) is 16.6 Å². The minimum Gasteiger partial charge on any atom is -0.481 e. The third-order valence-electron chi connectivity index (χ3n) is 5.09. The van der Waals surface area contributed by atoms with Crippen LogP contribution in [0.5, 0.6) is 0 Å². The average molecular weight is 223 g/mol. The monoisotopic (exact) mass is 223 g/mol. The molecule has 0 aromatic heterocycles. The van der Waals surface area contributed by atoms with Crippen molar-refractivity contribution in [2.24, 2.45) is 22.0 Å². The molecule has 3 nitrogen and oxygen atoms in total. The van der Waals surface area contributed by atoms with Crippen molar-refractivity contribution in [1.82, 2.24) is 0 Å². The van der Waals surface area contributed by atoms with E-state index in [1.807, 2.05) is 0 Å². The quantitative estimate of drug-likeness (QED) is 0.716. The Hall–Kier alpha value is -0.570. The fraction of sp³-hybridized carbons (Fsp3) is 0.923. The summed E-state index contributed by atoms with van der Waals surface area (Å²) in [4.78, 5) is 11.6. The lowest BCUT2D eigenvalue weighted by Gasteiger charge is -2.67. The van der Waals surface area contributed by atoms with Gasteiger partial charge in [0.2, 0.25) is 0 Å². The van der Waals surface area contributed by atoms with Gasteiger partial charge in [-0.25, -0.2) is 0 Å². The van der Waals surface area contributed by atoms with Gasteiger partial charge < -0.3 is 10.8 Å². The van der Waals surface area contributed by atoms with Crippen LogP contribution in [0.4, 0.5) is 0 Å². The topological polar surface area (TPSA) is 63.3 Å². The van der Waals surface area contributed by atoms with Gasteiger partial charge in [-0.15, -0.1) is 0 Å². The Balaban J connectivity index is 2.11. The molecule has 4 aliphatic rings. The van der Waals surface area contributed by atoms with Gasteiger partial charge in [0.15, 0.2) is 0 Å². The van der Waals surface area contributed by atoms with Crippen LogP contribution >= 0.6 is 0 Å². The van der Waals surface area contributed by atoms with Gasteiger partial charge >= 0.3 is 5.97 Å². The number of hydrogen-bond acceptors (Lipinski definition) is 2. The van der Waals surface area contributed by atoms with E-state index in [1.54, 1.807) is 0 Å². The highest BCUT2D eigenvalue weighted by Gasteiger charge is 2.66. The van der Waals surface area contributed by atoms with Crippen molar-refractivity contribution in [2.75, 3.05) is 0 Å². The Bertz CT molecular complexity index is 323. The van der Waals surface area contributed by atoms with E-state index < -0.39 is 11.4 Å². The van der Waals surface area contributed by atoms with Crippen LogP contribution in [0.1, 0.15) is 52.4 Å². The van der Waals surface area contributed by atoms with Crippen LogP contribution in [0.3, 0.4) is 0 Å². The second kappa shape index (κ2) is 2.47. The van der Waals surface area contributed by atoms with E-state index in [4.69, 9.17) is 5.73 Å². The molecule has 0 heterocycles. The van der Waals surface area contributed by atoms with Crippen LogP contribution in [0, 0.1) is 16.2 Å². The molecule has 4 saturated carbocycles. The lowest BCUT2D eigenvalue weighted by molar-refractivity contribution is -0.189. The van der Waals surface area contributed by atoms with E-state index in [0.717, 1.165) is 32.1 Å². The molecule has 4 fully saturated rings. The molecular formula is C13H21NO2. The van der Waals surface area contributed by atoms with Crippen LogP contribution in [0.25, 0.3) is 0 Å². The normalized spacial score (nSPS) is 58.9. The van der Waals surface area contributed by atoms with Gasteiger partial charge in [0.25, 0.3) is 0 Å². The maximum atomic E-state index is 11.6. The molecule has 4 rings (SSSR count). The van der Waals surface area contributed by atoms with E-state index in [-0.39, 0.29) is 16.4 Å². The number of hydrogen-bond donors (Lipinski definition) is 2. The summed E-state index contributed by atoms with van der Waals surface area (Å²) >= 11 is 0. The fourth-order valence-corrected chi connectivity index (χ4v) is 6.01. The van der Waals surface area contributed by atoms with Crippen molar-refractivity contribution in [2.45, 2.75) is 57.9 Å². The van der Waals surface area contributed by atoms with Gasteiger partial charge in [0.1, 0.15) is 0 Å². The number of carbonyl (C=O) groups is 1. The smallest absolute Gasteiger partial charge is 0.309 e. The van der Waals surface area contributed by atoms with Crippen molar-refractivity contribution in [3.63, 3.8) is 0 Å². The molecule has 0 amide bonds. The van der Waals surface area contributed by atoms with Crippen molar-refractivity contribution in [3.8, 4) is 0 Å². The minimum absolute atomic E-state index is 0.163. The number of nitrogens with two attached hydrogens (primary N) is 1. The Morgan fingerprint density at radius 3 is 1.88 bits per heavy atom. The highest BCUT2D eigenvalue weighted by atomic mass is 16.4. The molecule has 4 bridgehead atoms. The van der Waals surface area contributed by atoms with Gasteiger partial charge in [0.05, 0.1) is 5.41 Å². The molecule has 0 aromatic rings. The minimum atomic E-state index is -0.612. The summed E-state index contributed by atoms with van der Waals surface area (Å²) in [6.45, 7) is 4.48. The Morgan fingerprint density at radius 2 is 1.50 bits per heavy atom. The first-order valence-corrected chi connectivity index (χ1v) is 6.21. The van der Waals surface area contributed by atoms with E-state index in [2.05, 4.69) is 13.8 Å². The summed E-state index contributed by atoms with van der Waals surface area (Å²) in [5.74, 6) is -0.612. The fourth-order valence-electron chi connectivity index (χ4n) is 6.01. The highest BCUT2D eigenvalue weighted by Crippen LogP contribution is 2.70. The zero-order valence-corrected chi connectivity index (χ0v) is 10.2. The molecule has 16 heavy (non-hydrogen) atoms. The first kappa shape index (κ1) is 10.6. The summed E-state index contributed by atoms with van der Waals surface area (Å²) in [5, 5.41) is 9.57. The van der Waals surface area contributed by atoms with Crippen LogP contribution in [-0.2, 0) is 4.79 Å². The lowest BCUT2D eigenvalue weighted by Crippen LogP contribution is -2.67. The van der Waals surface area contributed by atoms with Crippen LogP contribution in [0.15, 0.2) is 0 Å². The summed E-state index contributed by atoms with van der Waals surface area (Å²) in [6, 6.07) is 0. The first-order chi connectivity index (χ1) is 7.19. The van der Waals surface area contributed by atoms with Crippen molar-refractivity contribution < 1.29 is 9.90 Å². The Morgan fingerprint density at radius 1 is 1.00 bits per heavy atom. The molecular weight excluding hydrogens is 202 g/mol. The van der Waals surface area contributed by atoms with E-state index in [0.29, 0.717) is 6.42 Å². The molecule has 0 saturated heterocycles. The summed E-state index contributed by atoms with van der Waals surface area (Å²) in [5.41, 5.74) is 6.05. The molecule has 4 aliphatic carbocycles. The van der Waals surface area contributed by atoms with Crippen molar-refractivity contribution >= 4 is 5.97 Å². The lowest BCUT2D eigenvalue weighted by atomic mass is 9.38. The van der Waals surface area contributed by atoms with Gasteiger partial charge in [-0.3, -0.25) is 4.79 Å². The molecule has 3 N–H and O–H groups in total. The third-order valence-corrected chi connectivity index (χ3v) is 5.09. The molecule has 0 spiro atoms. The second-order valence-corrected chi connectivity index (χ2v) is 7.63. The highest BCUT2D eigenvalue weighted by molar-refractivity contribution is 5.76. The number of carboxylic acids is 1. The van der Waals surface area contributed by atoms with E-state index >= 15 is 0 Å². The van der Waals surface area contributed by atoms with Crippen LogP contribution < -0.4 is 5.73 Å². The second-order valence-electron chi connectivity index (χ2n) is 7.63. The number of aliphatic carboxylic acids is 1. The standard InChI is InChI=1S/C13H21NO2/c1-10-3-11(2)5-12(4-10,9(15)16)8-13(14,6-10)7-11/h3-8,14H2,1-2H3,(H,15,16). The predicted molar refractivity (Wildman–Crippen MR) is 60.9 cm³/mol. The maximum Gasteiger partial charge on any atom is 0.309 e. The maximum absolute atomic E-state index is 11.6. The summed E-state index contributed by atoms with van der Waals surface area (Å²) in [6.07, 6.45) is 5.57. The number of rotatable bonds is 1. The van der Waals surface area contributed by atoms with Crippen molar-refractivity contribution in [1.29, 1.82) is 0 Å². The molecule has 0 radical (unpaired) electrons. The zero-order chi connectivity index (χ0) is 11.8. The molecule has 3 heteroatoms. The van der Waals surface area contributed by atoms with Crippen molar-refractivity contribution in [3.05, 3.63) is 0 Å². The molecule has 0 aromatic carbocycles. The Labute approximate surface area is 96.4 Å². The van der Waals surface area contributed by atoms with Gasteiger partial charge in [-0.05, 0) is 49.4 Å². The van der Waals surface area contributed by atoms with Gasteiger partial charge in [0, 0.05) is 5.54 Å². The summed E-state index contributed by atoms with van der Waals surface area (Å²) < 4.78 is 0. The van der Waals surface area contributed by atoms with E-state index in [1.165, 1.54) is 0 Å². The predicted octanol–water partition coefficient (Wildman–Crippen LogP) is 2.15. The zero-order valence-electron chi connectivity index (χ0n) is 10.2. The SMILES string of the molecule is CC12CC3(C)CC(N)(C1)CC(C(=O)O)(C2)C3. The molecule has 2 atom stereocenters. The summed E-state index contributed by atoms with van der Waals surface area (Å²) in [7, 11) is 0. The molecule has 0 aliphatic heterocycles. The van der Waals surface area contributed by atoms with Gasteiger partial charge in [-0.1, -0.05) is 13.8 Å². The molecule has 2 unspecified atom stereocenters. The average Bonchev–Trinajstić information content (AvgIpc) is 1.92.